The standard InChI is InChI=1S/C14H19N3O3/c1-17(12-2-3-13(19)16-14(12)20)7-5-10-4-6-15-8-11(10)9-18/h4,8-9,12,15H,2-3,5-7H2,1H3,(H,16,19,20). The second-order valence-electron chi connectivity index (χ2n) is 5.05. The molecule has 1 fully saturated rings. The molecule has 0 aromatic carbocycles. The van der Waals surface area contributed by atoms with Crippen molar-refractivity contribution in [2.45, 2.75) is 25.3 Å². The minimum absolute atomic E-state index is 0.202. The summed E-state index contributed by atoms with van der Waals surface area (Å²) in [5.74, 6) is -0.430. The van der Waals surface area contributed by atoms with E-state index in [4.69, 9.17) is 0 Å². The first-order valence-corrected chi connectivity index (χ1v) is 6.74. The molecule has 2 aliphatic heterocycles. The van der Waals surface area contributed by atoms with Gasteiger partial charge in [0.1, 0.15) is 0 Å². The Morgan fingerprint density at radius 2 is 2.25 bits per heavy atom. The summed E-state index contributed by atoms with van der Waals surface area (Å²) < 4.78 is 0. The van der Waals surface area contributed by atoms with Crippen molar-refractivity contribution in [1.82, 2.24) is 15.5 Å². The number of allylic oxidation sites excluding steroid dienone is 1. The van der Waals surface area contributed by atoms with Gasteiger partial charge in [0.2, 0.25) is 11.8 Å². The maximum Gasteiger partial charge on any atom is 0.243 e. The average molecular weight is 277 g/mol. The van der Waals surface area contributed by atoms with E-state index in [0.29, 0.717) is 31.4 Å². The van der Waals surface area contributed by atoms with Crippen molar-refractivity contribution in [2.75, 3.05) is 20.1 Å². The van der Waals surface area contributed by atoms with Gasteiger partial charge >= 0.3 is 0 Å². The van der Waals surface area contributed by atoms with Crippen LogP contribution in [0.25, 0.3) is 0 Å². The predicted octanol–water partition coefficient (Wildman–Crippen LogP) is -0.274. The SMILES string of the molecule is CN(CCC1=CCNC=C1C=O)C1CCC(=O)NC1=O. The van der Waals surface area contributed by atoms with Crippen LogP contribution in [0.4, 0.5) is 0 Å². The molecule has 2 N–H and O–H groups in total. The lowest BCUT2D eigenvalue weighted by atomic mass is 10.0. The number of amides is 2. The Hall–Kier alpha value is -1.95. The van der Waals surface area contributed by atoms with Crippen LogP contribution in [0, 0.1) is 0 Å². The van der Waals surface area contributed by atoms with E-state index in [1.54, 1.807) is 6.20 Å². The van der Waals surface area contributed by atoms with Gasteiger partial charge < -0.3 is 5.32 Å². The molecule has 2 heterocycles. The highest BCUT2D eigenvalue weighted by Crippen LogP contribution is 2.17. The molecule has 2 amide bonds. The topological polar surface area (TPSA) is 78.5 Å². The summed E-state index contributed by atoms with van der Waals surface area (Å²) >= 11 is 0. The van der Waals surface area contributed by atoms with Crippen LogP contribution >= 0.6 is 0 Å². The summed E-state index contributed by atoms with van der Waals surface area (Å²) in [5.41, 5.74) is 1.66. The summed E-state index contributed by atoms with van der Waals surface area (Å²) in [7, 11) is 1.87. The summed E-state index contributed by atoms with van der Waals surface area (Å²) in [4.78, 5) is 35.7. The largest absolute Gasteiger partial charge is 0.387 e. The van der Waals surface area contributed by atoms with E-state index in [1.807, 2.05) is 18.0 Å². The molecule has 1 saturated heterocycles. The minimum Gasteiger partial charge on any atom is -0.387 e. The number of aldehydes is 1. The van der Waals surface area contributed by atoms with Gasteiger partial charge in [0.25, 0.3) is 0 Å². The van der Waals surface area contributed by atoms with E-state index in [0.717, 1.165) is 18.4 Å². The first kappa shape index (κ1) is 14.5. The lowest BCUT2D eigenvalue weighted by Crippen LogP contribution is -2.51. The number of carbonyl (C=O) groups is 3. The van der Waals surface area contributed by atoms with Crippen LogP contribution < -0.4 is 10.6 Å². The van der Waals surface area contributed by atoms with Gasteiger partial charge in [-0.3, -0.25) is 24.6 Å². The fourth-order valence-corrected chi connectivity index (χ4v) is 2.47. The molecule has 2 aliphatic rings. The van der Waals surface area contributed by atoms with Crippen molar-refractivity contribution < 1.29 is 14.4 Å². The molecule has 6 heteroatoms. The van der Waals surface area contributed by atoms with Crippen LogP contribution in [0.15, 0.2) is 23.4 Å². The van der Waals surface area contributed by atoms with Crippen LogP contribution in [0.5, 0.6) is 0 Å². The maximum absolute atomic E-state index is 11.8. The molecule has 1 unspecified atom stereocenters. The Kier molecular flexibility index (Phi) is 4.68. The number of imide groups is 1. The molecule has 0 aromatic rings. The average Bonchev–Trinajstić information content (AvgIpc) is 2.45. The molecule has 0 spiro atoms. The second kappa shape index (κ2) is 6.47. The Morgan fingerprint density at radius 1 is 1.45 bits per heavy atom. The number of nitrogens with one attached hydrogen (secondary N) is 2. The zero-order valence-electron chi connectivity index (χ0n) is 11.5. The summed E-state index contributed by atoms with van der Waals surface area (Å²) in [6.07, 6.45) is 6.19. The van der Waals surface area contributed by atoms with Gasteiger partial charge in [-0.2, -0.15) is 0 Å². The molecule has 2 rings (SSSR count). The third-order valence-electron chi connectivity index (χ3n) is 3.70. The maximum atomic E-state index is 11.8. The molecule has 1 atom stereocenters. The number of nitrogens with zero attached hydrogens (tertiary/aromatic N) is 1. The number of piperidine rings is 1. The Morgan fingerprint density at radius 3 is 2.95 bits per heavy atom. The third kappa shape index (κ3) is 3.33. The summed E-state index contributed by atoms with van der Waals surface area (Å²) in [6, 6.07) is -0.265. The molecule has 108 valence electrons. The number of hydrogen-bond donors (Lipinski definition) is 2. The van der Waals surface area contributed by atoms with Crippen LogP contribution in [0.3, 0.4) is 0 Å². The van der Waals surface area contributed by atoms with Crippen molar-refractivity contribution in [3.8, 4) is 0 Å². The van der Waals surface area contributed by atoms with Gasteiger partial charge in [0.05, 0.1) is 6.04 Å². The molecular weight excluding hydrogens is 258 g/mol. The number of dihydropyridines is 1. The molecule has 0 bridgehead atoms. The van der Waals surface area contributed by atoms with E-state index in [2.05, 4.69) is 10.6 Å². The number of carbonyl (C=O) groups excluding carboxylic acids is 3. The van der Waals surface area contributed by atoms with E-state index in [-0.39, 0.29) is 17.9 Å². The molecule has 0 aromatic heterocycles. The Bertz CT molecular complexity index is 482. The van der Waals surface area contributed by atoms with Gasteiger partial charge in [-0.1, -0.05) is 6.08 Å². The van der Waals surface area contributed by atoms with Gasteiger partial charge in [-0.25, -0.2) is 0 Å². The third-order valence-corrected chi connectivity index (χ3v) is 3.70. The zero-order valence-corrected chi connectivity index (χ0v) is 11.5. The number of likely N-dealkylation sites (N-methyl/N-ethyl adjacent to an activating group) is 1. The van der Waals surface area contributed by atoms with Gasteiger partial charge in [-0.05, 0) is 25.5 Å². The van der Waals surface area contributed by atoms with Gasteiger partial charge in [0, 0.05) is 31.3 Å². The van der Waals surface area contributed by atoms with Crippen molar-refractivity contribution in [3.63, 3.8) is 0 Å². The van der Waals surface area contributed by atoms with Gasteiger partial charge in [-0.15, -0.1) is 0 Å². The fraction of sp³-hybridized carbons (Fsp3) is 0.500. The summed E-state index contributed by atoms with van der Waals surface area (Å²) in [5, 5.41) is 5.35. The summed E-state index contributed by atoms with van der Waals surface area (Å²) in [6.45, 7) is 1.39. The van der Waals surface area contributed by atoms with E-state index < -0.39 is 0 Å². The van der Waals surface area contributed by atoms with Crippen molar-refractivity contribution in [1.29, 1.82) is 0 Å². The molecule has 6 nitrogen and oxygen atoms in total. The molecule has 0 saturated carbocycles. The highest BCUT2D eigenvalue weighted by atomic mass is 16.2. The second-order valence-corrected chi connectivity index (χ2v) is 5.05. The zero-order chi connectivity index (χ0) is 14.5. The number of hydrogen-bond acceptors (Lipinski definition) is 5. The van der Waals surface area contributed by atoms with E-state index in [9.17, 15) is 14.4 Å². The fourth-order valence-electron chi connectivity index (χ4n) is 2.47. The highest BCUT2D eigenvalue weighted by Gasteiger charge is 2.29. The van der Waals surface area contributed by atoms with Crippen molar-refractivity contribution >= 4 is 18.1 Å². The van der Waals surface area contributed by atoms with Crippen LogP contribution in [-0.2, 0) is 14.4 Å². The normalized spacial score (nSPS) is 22.8. The molecule has 20 heavy (non-hydrogen) atoms. The molecule has 0 radical (unpaired) electrons. The van der Waals surface area contributed by atoms with Gasteiger partial charge in [0.15, 0.2) is 6.29 Å². The monoisotopic (exact) mass is 277 g/mol. The number of rotatable bonds is 5. The lowest BCUT2D eigenvalue weighted by molar-refractivity contribution is -0.137. The Balaban J connectivity index is 1.89. The van der Waals surface area contributed by atoms with Crippen molar-refractivity contribution in [3.05, 3.63) is 23.4 Å². The van der Waals surface area contributed by atoms with Crippen LogP contribution in [0.2, 0.25) is 0 Å². The molecule has 0 aliphatic carbocycles. The first-order valence-electron chi connectivity index (χ1n) is 6.74. The molecular formula is C14H19N3O3. The predicted molar refractivity (Wildman–Crippen MR) is 73.7 cm³/mol. The first-order chi connectivity index (χ1) is 9.61. The quantitative estimate of drug-likeness (QED) is 0.534. The smallest absolute Gasteiger partial charge is 0.243 e. The minimum atomic E-state index is -0.265. The van der Waals surface area contributed by atoms with Crippen LogP contribution in [-0.4, -0.2) is 49.2 Å². The highest BCUT2D eigenvalue weighted by molar-refractivity contribution is 6.00. The van der Waals surface area contributed by atoms with Crippen LogP contribution in [0.1, 0.15) is 19.3 Å². The van der Waals surface area contributed by atoms with E-state index >= 15 is 0 Å². The van der Waals surface area contributed by atoms with E-state index in [1.165, 1.54) is 0 Å². The Labute approximate surface area is 117 Å². The lowest BCUT2D eigenvalue weighted by Gasteiger charge is -2.30. The van der Waals surface area contributed by atoms with Crippen molar-refractivity contribution in [2.24, 2.45) is 0 Å².